The molecule has 0 radical (unpaired) electrons. The van der Waals surface area contributed by atoms with Gasteiger partial charge in [-0.05, 0) is 42.5 Å². The number of benzene rings is 1. The molecule has 0 bridgehead atoms. The minimum absolute atomic E-state index is 0.357. The van der Waals surface area contributed by atoms with E-state index >= 15 is 0 Å². The maximum Gasteiger partial charge on any atom is 0.337 e. The maximum atomic E-state index is 11.6. The Kier molecular flexibility index (Phi) is 3.84. The van der Waals surface area contributed by atoms with Crippen molar-refractivity contribution in [3.8, 4) is 0 Å². The smallest absolute Gasteiger partial charge is 0.337 e. The molecule has 21 heavy (non-hydrogen) atoms. The molecule has 0 amide bonds. The van der Waals surface area contributed by atoms with Gasteiger partial charge in [0.05, 0.1) is 30.6 Å². The quantitative estimate of drug-likeness (QED) is 0.680. The van der Waals surface area contributed by atoms with Gasteiger partial charge in [-0.2, -0.15) is 0 Å². The molecule has 1 aliphatic rings. The zero-order chi connectivity index (χ0) is 14.8. The van der Waals surface area contributed by atoms with Crippen LogP contribution in [0.4, 0.5) is 11.4 Å². The molecule has 1 aromatic carbocycles. The van der Waals surface area contributed by atoms with Crippen molar-refractivity contribution in [2.75, 3.05) is 17.7 Å². The van der Waals surface area contributed by atoms with Crippen molar-refractivity contribution < 1.29 is 9.53 Å². The minimum atomic E-state index is -0.357. The van der Waals surface area contributed by atoms with Gasteiger partial charge in [-0.3, -0.25) is 0 Å². The monoisotopic (exact) mass is 302 g/mol. The zero-order valence-corrected chi connectivity index (χ0v) is 12.7. The van der Waals surface area contributed by atoms with Crippen LogP contribution in [0.3, 0.4) is 0 Å². The molecule has 1 heterocycles. The van der Waals surface area contributed by atoms with Gasteiger partial charge < -0.3 is 15.4 Å². The Morgan fingerprint density at radius 1 is 1.43 bits per heavy atom. The largest absolute Gasteiger partial charge is 0.465 e. The highest BCUT2D eigenvalue weighted by molar-refractivity contribution is 7.09. The number of carbonyl (C=O) groups is 1. The average Bonchev–Trinajstić information content (AvgIpc) is 3.21. The van der Waals surface area contributed by atoms with E-state index in [1.165, 1.54) is 24.8 Å². The summed E-state index contributed by atoms with van der Waals surface area (Å²) < 4.78 is 4.73. The second-order valence-electron chi connectivity index (χ2n) is 5.20. The number of rotatable bonds is 5. The van der Waals surface area contributed by atoms with Gasteiger partial charge in [-0.15, -0.1) is 11.3 Å². The van der Waals surface area contributed by atoms with E-state index in [1.807, 2.05) is 6.07 Å². The Morgan fingerprint density at radius 2 is 2.24 bits per heavy atom. The standard InChI is InChI=1S/C16H18N2O2S/c1-20-16(19)11-4-7-15(14(17)9-11)18(12-5-6-12)10-13-3-2-8-21-13/h2-4,7-9,12H,5-6,10,17H2,1H3. The number of esters is 1. The lowest BCUT2D eigenvalue weighted by molar-refractivity contribution is 0.0601. The normalized spacial score (nSPS) is 14.0. The first-order valence-electron chi connectivity index (χ1n) is 6.96. The van der Waals surface area contributed by atoms with Gasteiger partial charge in [-0.1, -0.05) is 6.07 Å². The molecule has 2 N–H and O–H groups in total. The Morgan fingerprint density at radius 3 is 2.81 bits per heavy atom. The Balaban J connectivity index is 1.87. The summed E-state index contributed by atoms with van der Waals surface area (Å²) in [4.78, 5) is 15.2. The number of methoxy groups -OCH3 is 1. The first kappa shape index (κ1) is 13.9. The number of carbonyl (C=O) groups excluding carboxylic acids is 1. The number of nitrogens with zero attached hydrogens (tertiary/aromatic N) is 1. The van der Waals surface area contributed by atoms with Crippen molar-refractivity contribution in [2.45, 2.75) is 25.4 Å². The molecular formula is C16H18N2O2S. The van der Waals surface area contributed by atoms with Crippen LogP contribution in [-0.2, 0) is 11.3 Å². The van der Waals surface area contributed by atoms with Crippen LogP contribution in [-0.4, -0.2) is 19.1 Å². The van der Waals surface area contributed by atoms with Crippen molar-refractivity contribution in [3.05, 3.63) is 46.2 Å². The molecule has 0 atom stereocenters. The highest BCUT2D eigenvalue weighted by atomic mass is 32.1. The highest BCUT2D eigenvalue weighted by Crippen LogP contribution is 2.37. The maximum absolute atomic E-state index is 11.6. The van der Waals surface area contributed by atoms with Crippen LogP contribution in [0.2, 0.25) is 0 Å². The fraction of sp³-hybridized carbons (Fsp3) is 0.312. The van der Waals surface area contributed by atoms with Crippen LogP contribution in [0.15, 0.2) is 35.7 Å². The molecular weight excluding hydrogens is 284 g/mol. The van der Waals surface area contributed by atoms with Crippen LogP contribution in [0.5, 0.6) is 0 Å². The summed E-state index contributed by atoms with van der Waals surface area (Å²) in [6.07, 6.45) is 2.40. The number of hydrogen-bond donors (Lipinski definition) is 1. The molecule has 5 heteroatoms. The van der Waals surface area contributed by atoms with Gasteiger partial charge in [0, 0.05) is 10.9 Å². The Bertz CT molecular complexity index is 636. The van der Waals surface area contributed by atoms with E-state index in [-0.39, 0.29) is 5.97 Å². The van der Waals surface area contributed by atoms with E-state index in [2.05, 4.69) is 22.4 Å². The fourth-order valence-electron chi connectivity index (χ4n) is 2.43. The summed E-state index contributed by atoms with van der Waals surface area (Å²) in [7, 11) is 1.37. The zero-order valence-electron chi connectivity index (χ0n) is 11.9. The summed E-state index contributed by atoms with van der Waals surface area (Å²) >= 11 is 1.75. The van der Waals surface area contributed by atoms with Crippen LogP contribution < -0.4 is 10.6 Å². The van der Waals surface area contributed by atoms with E-state index < -0.39 is 0 Å². The van der Waals surface area contributed by atoms with Crippen LogP contribution >= 0.6 is 11.3 Å². The molecule has 110 valence electrons. The lowest BCUT2D eigenvalue weighted by Gasteiger charge is -2.25. The highest BCUT2D eigenvalue weighted by Gasteiger charge is 2.30. The van der Waals surface area contributed by atoms with Crippen molar-refractivity contribution >= 4 is 28.7 Å². The Labute approximate surface area is 128 Å². The number of ether oxygens (including phenoxy) is 1. The van der Waals surface area contributed by atoms with Crippen LogP contribution in [0, 0.1) is 0 Å². The topological polar surface area (TPSA) is 55.6 Å². The van der Waals surface area contributed by atoms with Crippen molar-refractivity contribution in [1.29, 1.82) is 0 Å². The van der Waals surface area contributed by atoms with E-state index in [0.29, 0.717) is 17.3 Å². The lowest BCUT2D eigenvalue weighted by atomic mass is 10.1. The third-order valence-electron chi connectivity index (χ3n) is 3.65. The number of thiophene rings is 1. The molecule has 4 nitrogen and oxygen atoms in total. The third-order valence-corrected chi connectivity index (χ3v) is 4.51. The van der Waals surface area contributed by atoms with Crippen LogP contribution in [0.1, 0.15) is 28.1 Å². The average molecular weight is 302 g/mol. The van der Waals surface area contributed by atoms with Crippen LogP contribution in [0.25, 0.3) is 0 Å². The first-order chi connectivity index (χ1) is 10.2. The van der Waals surface area contributed by atoms with Gasteiger partial charge in [-0.25, -0.2) is 4.79 Å². The second-order valence-corrected chi connectivity index (χ2v) is 6.24. The van der Waals surface area contributed by atoms with Crippen molar-refractivity contribution in [2.24, 2.45) is 0 Å². The van der Waals surface area contributed by atoms with Gasteiger partial charge in [0.15, 0.2) is 0 Å². The summed E-state index contributed by atoms with van der Waals surface area (Å²) in [5.41, 5.74) is 8.28. The number of nitrogens with two attached hydrogens (primary N) is 1. The van der Waals surface area contributed by atoms with Gasteiger partial charge in [0.2, 0.25) is 0 Å². The predicted molar refractivity (Wildman–Crippen MR) is 85.7 cm³/mol. The first-order valence-corrected chi connectivity index (χ1v) is 7.84. The van der Waals surface area contributed by atoms with Crippen molar-refractivity contribution in [3.63, 3.8) is 0 Å². The molecule has 0 unspecified atom stereocenters. The molecule has 1 saturated carbocycles. The lowest BCUT2D eigenvalue weighted by Crippen LogP contribution is -2.25. The fourth-order valence-corrected chi connectivity index (χ4v) is 3.13. The molecule has 1 aliphatic carbocycles. The molecule has 1 fully saturated rings. The summed E-state index contributed by atoms with van der Waals surface area (Å²) in [6.45, 7) is 0.865. The van der Waals surface area contributed by atoms with Gasteiger partial charge in [0.1, 0.15) is 0 Å². The predicted octanol–water partition coefficient (Wildman–Crippen LogP) is 3.29. The summed E-state index contributed by atoms with van der Waals surface area (Å²) in [5, 5.41) is 2.09. The summed E-state index contributed by atoms with van der Waals surface area (Å²) in [6, 6.07) is 10.2. The number of hydrogen-bond acceptors (Lipinski definition) is 5. The van der Waals surface area contributed by atoms with Crippen molar-refractivity contribution in [1.82, 2.24) is 0 Å². The number of nitrogen functional groups attached to an aromatic ring is 1. The van der Waals surface area contributed by atoms with E-state index in [4.69, 9.17) is 10.5 Å². The molecule has 1 aromatic heterocycles. The Hall–Kier alpha value is -2.01. The molecule has 2 aromatic rings. The number of anilines is 2. The van der Waals surface area contributed by atoms with E-state index in [1.54, 1.807) is 23.5 Å². The third kappa shape index (κ3) is 3.03. The second kappa shape index (κ2) is 5.77. The SMILES string of the molecule is COC(=O)c1ccc(N(Cc2cccs2)C2CC2)c(N)c1. The van der Waals surface area contributed by atoms with Gasteiger partial charge >= 0.3 is 5.97 Å². The summed E-state index contributed by atoms with van der Waals surface area (Å²) in [5.74, 6) is -0.357. The minimum Gasteiger partial charge on any atom is -0.465 e. The molecule has 0 saturated heterocycles. The van der Waals surface area contributed by atoms with E-state index in [9.17, 15) is 4.79 Å². The molecule has 0 aliphatic heterocycles. The molecule has 3 rings (SSSR count). The van der Waals surface area contributed by atoms with Gasteiger partial charge in [0.25, 0.3) is 0 Å². The van der Waals surface area contributed by atoms with E-state index in [0.717, 1.165) is 12.2 Å². The molecule has 0 spiro atoms.